The van der Waals surface area contributed by atoms with Crippen LogP contribution in [-0.4, -0.2) is 37.3 Å². The minimum atomic E-state index is -1.17. The molecule has 1 amide bonds. The summed E-state index contributed by atoms with van der Waals surface area (Å²) in [4.78, 5) is 25.8. The molecule has 9 nitrogen and oxygen atoms in total. The number of carboxylic acid groups (broad SMARTS) is 1. The van der Waals surface area contributed by atoms with Gasteiger partial charge in [-0.3, -0.25) is 9.89 Å². The highest BCUT2D eigenvalue weighted by atomic mass is 16.5. The topological polar surface area (TPSA) is 134 Å². The fourth-order valence-corrected chi connectivity index (χ4v) is 1.06. The molecule has 17 heavy (non-hydrogen) atoms. The molecule has 0 aromatic carbocycles. The SMILES string of the molecule is Cc1nc(C(=O)Nc2cc(C(=O)O)[nH]n2)no1. The number of rotatable bonds is 3. The number of aromatic amines is 1. The quantitative estimate of drug-likeness (QED) is 0.686. The van der Waals surface area contributed by atoms with E-state index in [-0.39, 0.29) is 23.2 Å². The molecule has 2 aromatic rings. The van der Waals surface area contributed by atoms with Crippen LogP contribution in [0.4, 0.5) is 5.82 Å². The number of hydrogen-bond donors (Lipinski definition) is 3. The molecule has 0 aliphatic carbocycles. The van der Waals surface area contributed by atoms with Crippen molar-refractivity contribution in [2.24, 2.45) is 0 Å². The molecule has 2 aromatic heterocycles. The van der Waals surface area contributed by atoms with E-state index in [1.54, 1.807) is 6.92 Å². The third kappa shape index (κ3) is 2.27. The molecule has 0 aliphatic rings. The van der Waals surface area contributed by atoms with Gasteiger partial charge >= 0.3 is 5.97 Å². The molecule has 2 rings (SSSR count). The number of carbonyl (C=O) groups excluding carboxylic acids is 1. The van der Waals surface area contributed by atoms with Crippen molar-refractivity contribution in [1.29, 1.82) is 0 Å². The lowest BCUT2D eigenvalue weighted by Gasteiger charge is -1.94. The van der Waals surface area contributed by atoms with Crippen LogP contribution in [0.25, 0.3) is 0 Å². The zero-order chi connectivity index (χ0) is 12.4. The number of aromatic nitrogens is 4. The maximum Gasteiger partial charge on any atom is 0.353 e. The van der Waals surface area contributed by atoms with Gasteiger partial charge in [0.05, 0.1) is 0 Å². The maximum atomic E-state index is 11.5. The Morgan fingerprint density at radius 1 is 1.53 bits per heavy atom. The number of anilines is 1. The molecule has 0 saturated heterocycles. The van der Waals surface area contributed by atoms with Crippen molar-refractivity contribution in [3.8, 4) is 0 Å². The average Bonchev–Trinajstić information content (AvgIpc) is 2.86. The van der Waals surface area contributed by atoms with Gasteiger partial charge < -0.3 is 14.9 Å². The van der Waals surface area contributed by atoms with Gasteiger partial charge in [-0.05, 0) is 0 Å². The van der Waals surface area contributed by atoms with Crippen molar-refractivity contribution in [2.45, 2.75) is 6.92 Å². The molecule has 0 radical (unpaired) electrons. The Balaban J connectivity index is 2.10. The van der Waals surface area contributed by atoms with Crippen LogP contribution in [-0.2, 0) is 0 Å². The number of aromatic carboxylic acids is 1. The molecule has 0 atom stereocenters. The summed E-state index contributed by atoms with van der Waals surface area (Å²) in [6.07, 6.45) is 0. The van der Waals surface area contributed by atoms with Gasteiger partial charge in [-0.2, -0.15) is 10.1 Å². The Morgan fingerprint density at radius 2 is 2.29 bits per heavy atom. The molecule has 0 aliphatic heterocycles. The van der Waals surface area contributed by atoms with Gasteiger partial charge in [0, 0.05) is 13.0 Å². The van der Waals surface area contributed by atoms with Crippen LogP contribution < -0.4 is 5.32 Å². The molecule has 88 valence electrons. The minimum Gasteiger partial charge on any atom is -0.477 e. The predicted octanol–water partition coefficient (Wildman–Crippen LogP) is 0.0516. The number of hydrogen-bond acceptors (Lipinski definition) is 6. The summed E-state index contributed by atoms with van der Waals surface area (Å²) in [6.45, 7) is 1.54. The van der Waals surface area contributed by atoms with Crippen molar-refractivity contribution in [3.05, 3.63) is 23.5 Å². The van der Waals surface area contributed by atoms with Crippen LogP contribution in [0, 0.1) is 6.92 Å². The Bertz CT molecular complexity index is 572. The molecule has 2 heterocycles. The average molecular weight is 237 g/mol. The Hall–Kier alpha value is -2.71. The van der Waals surface area contributed by atoms with Gasteiger partial charge in [0.2, 0.25) is 5.89 Å². The molecular formula is C8H7N5O4. The summed E-state index contributed by atoms with van der Waals surface area (Å²) in [7, 11) is 0. The summed E-state index contributed by atoms with van der Waals surface area (Å²) in [5.74, 6) is -1.64. The number of amides is 1. The number of nitrogens with zero attached hydrogens (tertiary/aromatic N) is 3. The largest absolute Gasteiger partial charge is 0.477 e. The van der Waals surface area contributed by atoms with E-state index in [1.165, 1.54) is 6.07 Å². The number of H-pyrrole nitrogens is 1. The molecule has 0 spiro atoms. The van der Waals surface area contributed by atoms with Gasteiger partial charge in [-0.25, -0.2) is 4.79 Å². The van der Waals surface area contributed by atoms with E-state index >= 15 is 0 Å². The summed E-state index contributed by atoms with van der Waals surface area (Å²) >= 11 is 0. The number of carbonyl (C=O) groups is 2. The molecule has 0 bridgehead atoms. The highest BCUT2D eigenvalue weighted by molar-refractivity contribution is 6.01. The second kappa shape index (κ2) is 4.04. The number of carboxylic acids is 1. The van der Waals surface area contributed by atoms with E-state index in [4.69, 9.17) is 5.11 Å². The van der Waals surface area contributed by atoms with Gasteiger partial charge in [0.25, 0.3) is 11.7 Å². The lowest BCUT2D eigenvalue weighted by Crippen LogP contribution is -2.13. The first-order chi connectivity index (χ1) is 8.06. The summed E-state index contributed by atoms with van der Waals surface area (Å²) < 4.78 is 4.62. The van der Waals surface area contributed by atoms with Crippen molar-refractivity contribution in [3.63, 3.8) is 0 Å². The van der Waals surface area contributed by atoms with Crippen LogP contribution in [0.1, 0.15) is 27.0 Å². The molecule has 0 fully saturated rings. The van der Waals surface area contributed by atoms with Crippen LogP contribution in [0.2, 0.25) is 0 Å². The Labute approximate surface area is 93.8 Å². The first-order valence-electron chi connectivity index (χ1n) is 4.46. The van der Waals surface area contributed by atoms with Crippen molar-refractivity contribution in [2.75, 3.05) is 5.32 Å². The fraction of sp³-hybridized carbons (Fsp3) is 0.125. The van der Waals surface area contributed by atoms with Crippen molar-refractivity contribution >= 4 is 17.7 Å². The second-order valence-corrected chi connectivity index (χ2v) is 3.06. The lowest BCUT2D eigenvalue weighted by molar-refractivity contribution is 0.0690. The van der Waals surface area contributed by atoms with Crippen LogP contribution in [0.15, 0.2) is 10.6 Å². The smallest absolute Gasteiger partial charge is 0.353 e. The first-order valence-corrected chi connectivity index (χ1v) is 4.46. The number of aryl methyl sites for hydroxylation is 1. The van der Waals surface area contributed by atoms with Gasteiger partial charge in [-0.15, -0.1) is 0 Å². The van der Waals surface area contributed by atoms with E-state index in [0.717, 1.165) is 0 Å². The molecule has 0 unspecified atom stereocenters. The predicted molar refractivity (Wildman–Crippen MR) is 52.5 cm³/mol. The summed E-state index contributed by atoms with van der Waals surface area (Å²) in [6, 6.07) is 1.17. The second-order valence-electron chi connectivity index (χ2n) is 3.06. The zero-order valence-corrected chi connectivity index (χ0v) is 8.59. The van der Waals surface area contributed by atoms with E-state index in [9.17, 15) is 9.59 Å². The van der Waals surface area contributed by atoms with Crippen LogP contribution in [0.3, 0.4) is 0 Å². The van der Waals surface area contributed by atoms with E-state index in [2.05, 4.69) is 30.2 Å². The Kier molecular flexibility index (Phi) is 2.57. The molecular weight excluding hydrogens is 230 g/mol. The monoisotopic (exact) mass is 237 g/mol. The molecule has 3 N–H and O–H groups in total. The first kappa shape index (κ1) is 10.8. The van der Waals surface area contributed by atoms with Crippen LogP contribution in [0.5, 0.6) is 0 Å². The highest BCUT2D eigenvalue weighted by Gasteiger charge is 2.15. The molecule has 0 saturated carbocycles. The minimum absolute atomic E-state index is 0.0647. The maximum absolute atomic E-state index is 11.5. The van der Waals surface area contributed by atoms with Gasteiger partial charge in [0.1, 0.15) is 5.69 Å². The van der Waals surface area contributed by atoms with Crippen LogP contribution >= 0.6 is 0 Å². The highest BCUT2D eigenvalue weighted by Crippen LogP contribution is 2.06. The van der Waals surface area contributed by atoms with Crippen molar-refractivity contribution in [1.82, 2.24) is 20.3 Å². The van der Waals surface area contributed by atoms with Gasteiger partial charge in [-0.1, -0.05) is 5.16 Å². The third-order valence-corrected chi connectivity index (χ3v) is 1.78. The number of nitrogens with one attached hydrogen (secondary N) is 2. The normalized spacial score (nSPS) is 10.2. The third-order valence-electron chi connectivity index (χ3n) is 1.78. The lowest BCUT2D eigenvalue weighted by atomic mass is 10.4. The fourth-order valence-electron chi connectivity index (χ4n) is 1.06. The van der Waals surface area contributed by atoms with E-state index in [0.29, 0.717) is 0 Å². The van der Waals surface area contributed by atoms with Crippen molar-refractivity contribution < 1.29 is 19.2 Å². The standard InChI is InChI=1S/C8H7N5O4/c1-3-9-6(13-17-3)7(14)10-5-2-4(8(15)16)11-12-5/h2H,1H3,(H,15,16)(H2,10,11,12,14). The van der Waals surface area contributed by atoms with E-state index in [1.807, 2.05) is 0 Å². The molecule has 9 heteroatoms. The zero-order valence-electron chi connectivity index (χ0n) is 8.59. The summed E-state index contributed by atoms with van der Waals surface area (Å²) in [5, 5.41) is 20.2. The van der Waals surface area contributed by atoms with Gasteiger partial charge in [0.15, 0.2) is 5.82 Å². The Morgan fingerprint density at radius 3 is 2.82 bits per heavy atom. The summed E-state index contributed by atoms with van der Waals surface area (Å²) in [5.41, 5.74) is -0.135. The van der Waals surface area contributed by atoms with E-state index < -0.39 is 11.9 Å².